The maximum absolute atomic E-state index is 5.48. The first-order valence-corrected chi connectivity index (χ1v) is 2.39. The molecule has 0 atom stereocenters. The molecule has 1 aromatic heterocycles. The summed E-state index contributed by atoms with van der Waals surface area (Å²) in [4.78, 5) is 2.80. The molecule has 0 bridgehead atoms. The SMILES string of the molecule is Clc1cccc[nH+]1.[Cl-]. The van der Waals surface area contributed by atoms with Gasteiger partial charge < -0.3 is 12.4 Å². The van der Waals surface area contributed by atoms with Crippen LogP contribution >= 0.6 is 11.6 Å². The summed E-state index contributed by atoms with van der Waals surface area (Å²) in [6, 6.07) is 5.55. The Morgan fingerprint density at radius 2 is 2.12 bits per heavy atom. The van der Waals surface area contributed by atoms with E-state index in [2.05, 4.69) is 4.98 Å². The van der Waals surface area contributed by atoms with Gasteiger partial charge in [0.1, 0.15) is 0 Å². The van der Waals surface area contributed by atoms with Crippen LogP contribution < -0.4 is 17.4 Å². The summed E-state index contributed by atoms with van der Waals surface area (Å²) in [6.45, 7) is 0. The predicted octanol–water partition coefficient (Wildman–Crippen LogP) is -1.84. The summed E-state index contributed by atoms with van der Waals surface area (Å²) in [7, 11) is 0. The highest BCUT2D eigenvalue weighted by Crippen LogP contribution is 1.93. The first-order valence-electron chi connectivity index (χ1n) is 2.02. The summed E-state index contributed by atoms with van der Waals surface area (Å²) < 4.78 is 0. The Morgan fingerprint density at radius 3 is 2.38 bits per heavy atom. The van der Waals surface area contributed by atoms with Crippen molar-refractivity contribution in [2.45, 2.75) is 0 Å². The highest BCUT2D eigenvalue weighted by Gasteiger charge is 1.85. The standard InChI is InChI=1S/C5H4ClN.ClH/c6-5-3-1-2-4-7-5;/h1-4H;1H. The highest BCUT2D eigenvalue weighted by molar-refractivity contribution is 6.28. The predicted molar refractivity (Wildman–Crippen MR) is 28.0 cm³/mol. The van der Waals surface area contributed by atoms with Gasteiger partial charge in [0, 0.05) is 12.1 Å². The molecule has 8 heavy (non-hydrogen) atoms. The molecule has 0 unspecified atom stereocenters. The quantitative estimate of drug-likeness (QED) is 0.386. The molecule has 44 valence electrons. The number of aromatic amines is 1. The third-order valence-corrected chi connectivity index (χ3v) is 0.906. The van der Waals surface area contributed by atoms with E-state index in [0.717, 1.165) is 0 Å². The van der Waals surface area contributed by atoms with Crippen LogP contribution in [0.5, 0.6) is 0 Å². The molecule has 0 aliphatic rings. The Kier molecular flexibility index (Phi) is 3.57. The minimum atomic E-state index is 0. The van der Waals surface area contributed by atoms with Gasteiger partial charge in [0.25, 0.3) is 5.15 Å². The van der Waals surface area contributed by atoms with E-state index in [9.17, 15) is 0 Å². The third kappa shape index (κ3) is 2.15. The number of pyridine rings is 1. The molecule has 1 nitrogen and oxygen atoms in total. The summed E-state index contributed by atoms with van der Waals surface area (Å²) in [5, 5.41) is 0.669. The molecule has 3 heteroatoms. The number of H-pyrrole nitrogens is 1. The average molecular weight is 150 g/mol. The molecule has 0 saturated carbocycles. The van der Waals surface area contributed by atoms with Crippen molar-refractivity contribution in [2.75, 3.05) is 0 Å². The van der Waals surface area contributed by atoms with Crippen LogP contribution in [0.4, 0.5) is 0 Å². The lowest BCUT2D eigenvalue weighted by Crippen LogP contribution is -3.00. The van der Waals surface area contributed by atoms with Gasteiger partial charge in [-0.3, -0.25) is 0 Å². The minimum absolute atomic E-state index is 0. The van der Waals surface area contributed by atoms with Gasteiger partial charge in [-0.25, -0.2) is 4.98 Å². The van der Waals surface area contributed by atoms with Crippen LogP contribution in [-0.4, -0.2) is 0 Å². The number of rotatable bonds is 0. The van der Waals surface area contributed by atoms with Crippen molar-refractivity contribution in [1.82, 2.24) is 0 Å². The Balaban J connectivity index is 0.000000490. The Bertz CT molecular complexity index is 140. The fourth-order valence-electron chi connectivity index (χ4n) is 0.371. The van der Waals surface area contributed by atoms with Gasteiger partial charge in [0.15, 0.2) is 6.20 Å². The molecule has 0 fully saturated rings. The largest absolute Gasteiger partial charge is 1.00 e. The van der Waals surface area contributed by atoms with E-state index in [1.807, 2.05) is 12.1 Å². The van der Waals surface area contributed by atoms with Gasteiger partial charge in [-0.1, -0.05) is 0 Å². The lowest BCUT2D eigenvalue weighted by atomic mass is 10.5. The second kappa shape index (κ2) is 3.70. The van der Waals surface area contributed by atoms with Gasteiger partial charge in [-0.15, -0.1) is 0 Å². The van der Waals surface area contributed by atoms with Crippen molar-refractivity contribution in [2.24, 2.45) is 0 Å². The topological polar surface area (TPSA) is 14.1 Å². The van der Waals surface area contributed by atoms with Gasteiger partial charge in [0.2, 0.25) is 0 Å². The molecule has 0 aliphatic heterocycles. The third-order valence-electron chi connectivity index (χ3n) is 0.671. The minimum Gasteiger partial charge on any atom is -1.00 e. The molecule has 0 aromatic carbocycles. The van der Waals surface area contributed by atoms with Crippen molar-refractivity contribution < 1.29 is 17.4 Å². The monoisotopic (exact) mass is 149 g/mol. The van der Waals surface area contributed by atoms with Crippen molar-refractivity contribution in [3.63, 3.8) is 0 Å². The second-order valence-corrected chi connectivity index (χ2v) is 1.62. The summed E-state index contributed by atoms with van der Waals surface area (Å²) in [6.07, 6.45) is 1.78. The first-order chi connectivity index (χ1) is 3.39. The lowest BCUT2D eigenvalue weighted by molar-refractivity contribution is -0.375. The number of aromatic nitrogens is 1. The molecule has 0 radical (unpaired) electrons. The smallest absolute Gasteiger partial charge is 0.273 e. The van der Waals surface area contributed by atoms with E-state index < -0.39 is 0 Å². The molecule has 0 aliphatic carbocycles. The fraction of sp³-hybridized carbons (Fsp3) is 0. The number of hydrogen-bond acceptors (Lipinski definition) is 0. The van der Waals surface area contributed by atoms with Crippen molar-refractivity contribution in [1.29, 1.82) is 0 Å². The average Bonchev–Trinajstić information content (AvgIpc) is 1.69. The zero-order valence-corrected chi connectivity index (χ0v) is 5.58. The number of nitrogens with one attached hydrogen (secondary N) is 1. The van der Waals surface area contributed by atoms with E-state index >= 15 is 0 Å². The van der Waals surface area contributed by atoms with Crippen LogP contribution in [0.1, 0.15) is 0 Å². The van der Waals surface area contributed by atoms with E-state index in [4.69, 9.17) is 11.6 Å². The molecule has 1 N–H and O–H groups in total. The van der Waals surface area contributed by atoms with Gasteiger partial charge in [-0.05, 0) is 17.7 Å². The lowest BCUT2D eigenvalue weighted by Gasteiger charge is -1.71. The van der Waals surface area contributed by atoms with Gasteiger partial charge >= 0.3 is 0 Å². The molecule has 0 spiro atoms. The molecule has 1 aromatic rings. The Labute approximate surface area is 59.1 Å². The van der Waals surface area contributed by atoms with Crippen LogP contribution in [0.25, 0.3) is 0 Å². The number of hydrogen-bond donors (Lipinski definition) is 0. The van der Waals surface area contributed by atoms with Crippen LogP contribution in [0, 0.1) is 0 Å². The Morgan fingerprint density at radius 1 is 1.38 bits per heavy atom. The van der Waals surface area contributed by atoms with Crippen molar-refractivity contribution in [3.8, 4) is 0 Å². The molecular weight excluding hydrogens is 145 g/mol. The molecule has 0 amide bonds. The van der Waals surface area contributed by atoms with Gasteiger partial charge in [0.05, 0.1) is 0 Å². The van der Waals surface area contributed by atoms with Gasteiger partial charge in [-0.2, -0.15) is 0 Å². The second-order valence-electron chi connectivity index (χ2n) is 1.21. The normalized spacial score (nSPS) is 7.62. The van der Waals surface area contributed by atoms with E-state index in [-0.39, 0.29) is 12.4 Å². The van der Waals surface area contributed by atoms with Crippen LogP contribution in [0.3, 0.4) is 0 Å². The summed E-state index contributed by atoms with van der Waals surface area (Å²) >= 11 is 5.48. The van der Waals surface area contributed by atoms with E-state index in [1.54, 1.807) is 12.3 Å². The maximum Gasteiger partial charge on any atom is 0.273 e. The maximum atomic E-state index is 5.48. The van der Waals surface area contributed by atoms with E-state index in [0.29, 0.717) is 5.15 Å². The molecule has 1 heterocycles. The zero-order valence-electron chi connectivity index (χ0n) is 4.07. The molecule has 0 saturated heterocycles. The Hall–Kier alpha value is -0.270. The van der Waals surface area contributed by atoms with E-state index in [1.165, 1.54) is 0 Å². The summed E-state index contributed by atoms with van der Waals surface area (Å²) in [5.74, 6) is 0. The highest BCUT2D eigenvalue weighted by atomic mass is 35.5. The van der Waals surface area contributed by atoms with Crippen LogP contribution in [-0.2, 0) is 0 Å². The number of halogens is 2. The van der Waals surface area contributed by atoms with Crippen LogP contribution in [0.15, 0.2) is 24.4 Å². The molecule has 1 rings (SSSR count). The van der Waals surface area contributed by atoms with Crippen molar-refractivity contribution >= 4 is 11.6 Å². The zero-order chi connectivity index (χ0) is 5.11. The summed E-state index contributed by atoms with van der Waals surface area (Å²) in [5.41, 5.74) is 0. The first kappa shape index (κ1) is 7.73. The van der Waals surface area contributed by atoms with Crippen LogP contribution in [0.2, 0.25) is 5.15 Å². The van der Waals surface area contributed by atoms with Crippen molar-refractivity contribution in [3.05, 3.63) is 29.5 Å². The fourth-order valence-corrected chi connectivity index (χ4v) is 0.507. The molecular formula is C5H5Cl2N.